The molecule has 1 aromatic heterocycles. The average molecular weight is 365 g/mol. The summed E-state index contributed by atoms with van der Waals surface area (Å²) in [5, 5.41) is 3.89. The largest absolute Gasteiger partial charge is 0.489 e. The number of benzene rings is 2. The molecular weight excluding hydrogens is 346 g/mol. The number of nitrogens with zero attached hydrogens (tertiary/aromatic N) is 1. The summed E-state index contributed by atoms with van der Waals surface area (Å²) >= 11 is 0. The molecule has 0 atom stereocenters. The molecule has 0 amide bonds. The first kappa shape index (κ1) is 18.4. The van der Waals surface area contributed by atoms with E-state index in [4.69, 9.17) is 14.0 Å². The Balaban J connectivity index is 1.60. The second-order valence-corrected chi connectivity index (χ2v) is 6.09. The first-order chi connectivity index (χ1) is 12.9. The summed E-state index contributed by atoms with van der Waals surface area (Å²) in [5.74, 6) is 1.20. The van der Waals surface area contributed by atoms with Crippen molar-refractivity contribution in [2.24, 2.45) is 0 Å². The van der Waals surface area contributed by atoms with Gasteiger partial charge >= 0.3 is 5.97 Å². The summed E-state index contributed by atoms with van der Waals surface area (Å²) in [6.07, 6.45) is 0. The summed E-state index contributed by atoms with van der Waals surface area (Å²) in [4.78, 5) is 23.5. The van der Waals surface area contributed by atoms with Gasteiger partial charge in [0.05, 0.1) is 16.8 Å². The molecule has 0 saturated heterocycles. The van der Waals surface area contributed by atoms with Crippen LogP contribution in [0.15, 0.2) is 53.1 Å². The average Bonchev–Trinajstić information content (AvgIpc) is 2.98. The normalized spacial score (nSPS) is 10.5. The van der Waals surface area contributed by atoms with Crippen LogP contribution in [0.4, 0.5) is 0 Å². The Hall–Kier alpha value is -3.41. The fourth-order valence-corrected chi connectivity index (χ4v) is 2.47. The van der Waals surface area contributed by atoms with Gasteiger partial charge < -0.3 is 14.0 Å². The highest BCUT2D eigenvalue weighted by Crippen LogP contribution is 2.19. The van der Waals surface area contributed by atoms with Gasteiger partial charge in [-0.25, -0.2) is 4.79 Å². The zero-order chi connectivity index (χ0) is 19.4. The molecule has 0 spiro atoms. The van der Waals surface area contributed by atoms with Crippen LogP contribution in [-0.2, 0) is 6.61 Å². The molecule has 3 rings (SSSR count). The zero-order valence-electron chi connectivity index (χ0n) is 15.3. The summed E-state index contributed by atoms with van der Waals surface area (Å²) in [5.41, 5.74) is 2.67. The highest BCUT2D eigenvalue weighted by atomic mass is 16.5. The molecule has 3 aromatic rings. The topological polar surface area (TPSA) is 78.6 Å². The van der Waals surface area contributed by atoms with Crippen molar-refractivity contribution in [2.75, 3.05) is 0 Å². The number of aryl methyl sites for hydroxylation is 2. The van der Waals surface area contributed by atoms with E-state index in [1.54, 1.807) is 48.5 Å². The lowest BCUT2D eigenvalue weighted by Gasteiger charge is -2.08. The minimum atomic E-state index is -0.483. The Morgan fingerprint density at radius 1 is 0.926 bits per heavy atom. The molecule has 0 radical (unpaired) electrons. The second-order valence-electron chi connectivity index (χ2n) is 6.09. The van der Waals surface area contributed by atoms with Gasteiger partial charge in [0.15, 0.2) is 5.78 Å². The number of ketones is 1. The second kappa shape index (κ2) is 7.86. The number of rotatable bonds is 6. The number of hydrogen-bond acceptors (Lipinski definition) is 6. The molecule has 0 N–H and O–H groups in total. The molecule has 2 aromatic carbocycles. The van der Waals surface area contributed by atoms with E-state index in [1.165, 1.54) is 6.92 Å². The monoisotopic (exact) mass is 365 g/mol. The SMILES string of the molecule is CC(=O)c1ccc(OC(=O)c2ccc(OCc3c(C)noc3C)cc2)cc1. The van der Waals surface area contributed by atoms with Gasteiger partial charge in [0, 0.05) is 5.56 Å². The van der Waals surface area contributed by atoms with Gasteiger partial charge in [-0.3, -0.25) is 4.79 Å². The maximum atomic E-state index is 12.2. The molecule has 1 heterocycles. The van der Waals surface area contributed by atoms with Gasteiger partial charge in [0.25, 0.3) is 0 Å². The standard InChI is InChI=1S/C21H19NO5/c1-13-20(15(3)27-22-13)12-25-18-8-6-17(7-9-18)21(24)26-19-10-4-16(5-11-19)14(2)23/h4-11H,12H2,1-3H3. The molecule has 0 bridgehead atoms. The fraction of sp³-hybridized carbons (Fsp3) is 0.190. The van der Waals surface area contributed by atoms with E-state index >= 15 is 0 Å². The van der Waals surface area contributed by atoms with Crippen LogP contribution in [0.1, 0.15) is 44.7 Å². The number of Topliss-reactive ketones (excluding diaryl/α,β-unsaturated/α-hetero) is 1. The van der Waals surface area contributed by atoms with Crippen LogP contribution in [0, 0.1) is 13.8 Å². The third-order valence-corrected chi connectivity index (χ3v) is 4.13. The van der Waals surface area contributed by atoms with Gasteiger partial charge in [0.2, 0.25) is 0 Å². The van der Waals surface area contributed by atoms with Gasteiger partial charge in [-0.2, -0.15) is 0 Å². The van der Waals surface area contributed by atoms with Crippen molar-refractivity contribution >= 4 is 11.8 Å². The molecule has 6 nitrogen and oxygen atoms in total. The molecule has 0 fully saturated rings. The van der Waals surface area contributed by atoms with E-state index in [0.717, 1.165) is 17.0 Å². The lowest BCUT2D eigenvalue weighted by molar-refractivity contribution is 0.0734. The molecule has 0 aliphatic rings. The first-order valence-electron chi connectivity index (χ1n) is 8.42. The van der Waals surface area contributed by atoms with Gasteiger partial charge in [-0.15, -0.1) is 0 Å². The Morgan fingerprint density at radius 2 is 1.52 bits per heavy atom. The Bertz CT molecular complexity index is 936. The minimum Gasteiger partial charge on any atom is -0.489 e. The van der Waals surface area contributed by atoms with Crippen LogP contribution in [0.5, 0.6) is 11.5 Å². The third-order valence-electron chi connectivity index (χ3n) is 4.13. The molecule has 6 heteroatoms. The summed E-state index contributed by atoms with van der Waals surface area (Å²) in [6, 6.07) is 13.1. The van der Waals surface area contributed by atoms with Crippen LogP contribution in [0.2, 0.25) is 0 Å². The van der Waals surface area contributed by atoms with Gasteiger partial charge in [-0.1, -0.05) is 5.16 Å². The molecular formula is C21H19NO5. The highest BCUT2D eigenvalue weighted by molar-refractivity contribution is 5.94. The van der Waals surface area contributed by atoms with E-state index in [0.29, 0.717) is 29.2 Å². The van der Waals surface area contributed by atoms with Crippen LogP contribution >= 0.6 is 0 Å². The fourth-order valence-electron chi connectivity index (χ4n) is 2.47. The van der Waals surface area contributed by atoms with E-state index in [1.807, 2.05) is 13.8 Å². The molecule has 0 saturated carbocycles. The molecule has 138 valence electrons. The van der Waals surface area contributed by atoms with E-state index in [9.17, 15) is 9.59 Å². The lowest BCUT2D eigenvalue weighted by atomic mass is 10.1. The zero-order valence-corrected chi connectivity index (χ0v) is 15.3. The van der Waals surface area contributed by atoms with Crippen molar-refractivity contribution in [2.45, 2.75) is 27.4 Å². The van der Waals surface area contributed by atoms with Crippen molar-refractivity contribution < 1.29 is 23.6 Å². The predicted molar refractivity (Wildman–Crippen MR) is 98.2 cm³/mol. The number of carbonyl (C=O) groups is 2. The van der Waals surface area contributed by atoms with Crippen LogP contribution < -0.4 is 9.47 Å². The molecule has 0 unspecified atom stereocenters. The Morgan fingerprint density at radius 3 is 2.07 bits per heavy atom. The smallest absolute Gasteiger partial charge is 0.343 e. The Kier molecular flexibility index (Phi) is 5.35. The Labute approximate surface area is 156 Å². The minimum absolute atomic E-state index is 0.0416. The number of hydrogen-bond donors (Lipinski definition) is 0. The van der Waals surface area contributed by atoms with Gasteiger partial charge in [0.1, 0.15) is 23.9 Å². The number of esters is 1. The number of ether oxygens (including phenoxy) is 2. The van der Waals surface area contributed by atoms with Gasteiger partial charge in [-0.05, 0) is 69.3 Å². The van der Waals surface area contributed by atoms with Crippen molar-refractivity contribution in [1.29, 1.82) is 0 Å². The summed E-state index contributed by atoms with van der Waals surface area (Å²) in [7, 11) is 0. The van der Waals surface area contributed by atoms with Crippen LogP contribution in [0.25, 0.3) is 0 Å². The molecule has 27 heavy (non-hydrogen) atoms. The van der Waals surface area contributed by atoms with E-state index < -0.39 is 5.97 Å². The maximum Gasteiger partial charge on any atom is 0.343 e. The molecule has 0 aliphatic heterocycles. The summed E-state index contributed by atoms with van der Waals surface area (Å²) < 4.78 is 16.1. The van der Waals surface area contributed by atoms with Crippen LogP contribution in [-0.4, -0.2) is 16.9 Å². The van der Waals surface area contributed by atoms with Crippen molar-refractivity contribution in [1.82, 2.24) is 5.16 Å². The summed E-state index contributed by atoms with van der Waals surface area (Å²) in [6.45, 7) is 5.52. The van der Waals surface area contributed by atoms with Crippen molar-refractivity contribution in [3.63, 3.8) is 0 Å². The van der Waals surface area contributed by atoms with Crippen molar-refractivity contribution in [3.05, 3.63) is 76.7 Å². The maximum absolute atomic E-state index is 12.2. The highest BCUT2D eigenvalue weighted by Gasteiger charge is 2.11. The first-order valence-corrected chi connectivity index (χ1v) is 8.42. The predicted octanol–water partition coefficient (Wildman–Crippen LogP) is 4.29. The number of carbonyl (C=O) groups excluding carboxylic acids is 2. The van der Waals surface area contributed by atoms with E-state index in [2.05, 4.69) is 5.16 Å². The van der Waals surface area contributed by atoms with Crippen molar-refractivity contribution in [3.8, 4) is 11.5 Å². The molecule has 0 aliphatic carbocycles. The number of aromatic nitrogens is 1. The third kappa shape index (κ3) is 4.41. The van der Waals surface area contributed by atoms with Crippen LogP contribution in [0.3, 0.4) is 0 Å². The quantitative estimate of drug-likeness (QED) is 0.368. The van der Waals surface area contributed by atoms with E-state index in [-0.39, 0.29) is 5.78 Å². The lowest BCUT2D eigenvalue weighted by Crippen LogP contribution is -2.08.